The Morgan fingerprint density at radius 3 is 2.12 bits per heavy atom. The lowest BCUT2D eigenvalue weighted by Crippen LogP contribution is -2.33. The van der Waals surface area contributed by atoms with Gasteiger partial charge in [0.1, 0.15) is 0 Å². The topological polar surface area (TPSA) is 46.1 Å². The third kappa shape index (κ3) is 3.62. The molecule has 1 aromatic heterocycles. The fraction of sp³-hybridized carbons (Fsp3) is 0.583. The number of carbonyl (C=O) groups excluding carboxylic acids is 1. The van der Waals surface area contributed by atoms with Crippen molar-refractivity contribution < 1.29 is 4.79 Å². The molecule has 4 nitrogen and oxygen atoms in total. The van der Waals surface area contributed by atoms with Crippen LogP contribution in [0.4, 0.5) is 5.95 Å². The third-order valence-electron chi connectivity index (χ3n) is 2.32. The summed E-state index contributed by atoms with van der Waals surface area (Å²) in [6, 6.07) is 0. The van der Waals surface area contributed by atoms with Crippen molar-refractivity contribution in [3.8, 4) is 0 Å². The minimum Gasteiger partial charge on any atom is -0.273 e. The Bertz CT molecular complexity index is 395. The summed E-state index contributed by atoms with van der Waals surface area (Å²) >= 11 is 1.95. The van der Waals surface area contributed by atoms with Crippen LogP contribution in [0.2, 0.25) is 0 Å². The van der Waals surface area contributed by atoms with Gasteiger partial charge < -0.3 is 0 Å². The first kappa shape index (κ1) is 14.3. The minimum absolute atomic E-state index is 0.00426. The highest BCUT2D eigenvalue weighted by Crippen LogP contribution is 2.24. The first-order valence-corrected chi connectivity index (χ1v) is 6.52. The molecular formula is C12H18IN3O. The standard InChI is InChI=1S/C12H18IN3O/c1-8(2)9-6-14-11(15-7-9)16(13)10(17)12(3,4)5/h6-8H,1-5H3. The Hall–Kier alpha value is -0.720. The number of aromatic nitrogens is 2. The monoisotopic (exact) mass is 347 g/mol. The quantitative estimate of drug-likeness (QED) is 0.609. The molecule has 0 aliphatic heterocycles. The molecule has 0 N–H and O–H groups in total. The number of hydrogen-bond acceptors (Lipinski definition) is 3. The van der Waals surface area contributed by atoms with Crippen LogP contribution in [0.3, 0.4) is 0 Å². The molecule has 5 heteroatoms. The largest absolute Gasteiger partial charge is 0.273 e. The smallest absolute Gasteiger partial charge is 0.243 e. The predicted octanol–water partition coefficient (Wildman–Crippen LogP) is 3.33. The average Bonchev–Trinajstić information content (AvgIpc) is 2.26. The summed E-state index contributed by atoms with van der Waals surface area (Å²) in [5.74, 6) is 0.829. The van der Waals surface area contributed by atoms with Gasteiger partial charge in [-0.3, -0.25) is 4.79 Å². The highest BCUT2D eigenvalue weighted by Gasteiger charge is 2.28. The first-order chi connectivity index (χ1) is 7.73. The summed E-state index contributed by atoms with van der Waals surface area (Å²) in [5, 5.41) is 0. The first-order valence-electron chi connectivity index (χ1n) is 5.55. The van der Waals surface area contributed by atoms with E-state index in [2.05, 4.69) is 23.8 Å². The van der Waals surface area contributed by atoms with Gasteiger partial charge in [-0.15, -0.1) is 0 Å². The van der Waals surface area contributed by atoms with E-state index in [9.17, 15) is 4.79 Å². The van der Waals surface area contributed by atoms with Gasteiger partial charge in [0.05, 0.1) is 22.9 Å². The number of carbonyl (C=O) groups is 1. The zero-order chi connectivity index (χ0) is 13.2. The number of halogens is 1. The normalized spacial score (nSPS) is 11.7. The van der Waals surface area contributed by atoms with E-state index >= 15 is 0 Å². The molecule has 0 unspecified atom stereocenters. The van der Waals surface area contributed by atoms with Crippen molar-refractivity contribution in [1.82, 2.24) is 9.97 Å². The van der Waals surface area contributed by atoms with Crippen LogP contribution in [-0.2, 0) is 4.79 Å². The molecule has 0 aliphatic rings. The molecule has 0 aromatic carbocycles. The van der Waals surface area contributed by atoms with E-state index in [1.54, 1.807) is 12.4 Å². The molecule has 0 saturated carbocycles. The highest BCUT2D eigenvalue weighted by molar-refractivity contribution is 14.1. The molecule has 1 aromatic rings. The second-order valence-corrected chi connectivity index (χ2v) is 6.27. The van der Waals surface area contributed by atoms with Crippen molar-refractivity contribution in [2.24, 2.45) is 5.41 Å². The van der Waals surface area contributed by atoms with E-state index in [1.807, 2.05) is 43.6 Å². The van der Waals surface area contributed by atoms with Crippen molar-refractivity contribution in [1.29, 1.82) is 0 Å². The van der Waals surface area contributed by atoms with Gasteiger partial charge in [-0.05, 0) is 11.5 Å². The highest BCUT2D eigenvalue weighted by atomic mass is 127. The van der Waals surface area contributed by atoms with Crippen molar-refractivity contribution in [3.05, 3.63) is 18.0 Å². The van der Waals surface area contributed by atoms with Crippen LogP contribution in [0, 0.1) is 5.41 Å². The third-order valence-corrected chi connectivity index (χ3v) is 3.19. The summed E-state index contributed by atoms with van der Waals surface area (Å²) in [5.41, 5.74) is 0.642. The van der Waals surface area contributed by atoms with Crippen LogP contribution in [0.5, 0.6) is 0 Å². The van der Waals surface area contributed by atoms with Crippen LogP contribution in [-0.4, -0.2) is 15.9 Å². The minimum atomic E-state index is -0.429. The maximum absolute atomic E-state index is 12.0. The van der Waals surface area contributed by atoms with Gasteiger partial charge in [-0.1, -0.05) is 34.6 Å². The Balaban J connectivity index is 2.91. The molecule has 0 atom stereocenters. The van der Waals surface area contributed by atoms with E-state index in [0.717, 1.165) is 5.56 Å². The van der Waals surface area contributed by atoms with Gasteiger partial charge in [0.15, 0.2) is 0 Å². The molecule has 0 spiro atoms. The van der Waals surface area contributed by atoms with Gasteiger partial charge in [0.2, 0.25) is 11.9 Å². The number of anilines is 1. The molecule has 0 bridgehead atoms. The fourth-order valence-corrected chi connectivity index (χ4v) is 2.09. The molecule has 0 radical (unpaired) electrons. The van der Waals surface area contributed by atoms with Crippen molar-refractivity contribution in [2.45, 2.75) is 40.5 Å². The van der Waals surface area contributed by atoms with Crippen LogP contribution in [0.15, 0.2) is 12.4 Å². The van der Waals surface area contributed by atoms with Crippen LogP contribution < -0.4 is 3.11 Å². The molecular weight excluding hydrogens is 329 g/mol. The van der Waals surface area contributed by atoms with Crippen LogP contribution >= 0.6 is 22.9 Å². The maximum atomic E-state index is 12.0. The van der Waals surface area contributed by atoms with E-state index in [0.29, 0.717) is 11.9 Å². The zero-order valence-electron chi connectivity index (χ0n) is 10.9. The number of nitrogens with zero attached hydrogens (tertiary/aromatic N) is 3. The van der Waals surface area contributed by atoms with Crippen LogP contribution in [0.25, 0.3) is 0 Å². The number of amides is 1. The number of hydrogen-bond donors (Lipinski definition) is 0. The predicted molar refractivity (Wildman–Crippen MR) is 77.1 cm³/mol. The van der Waals surface area contributed by atoms with Gasteiger partial charge in [0, 0.05) is 17.8 Å². The van der Waals surface area contributed by atoms with E-state index in [-0.39, 0.29) is 5.91 Å². The van der Waals surface area contributed by atoms with Gasteiger partial charge in [-0.2, -0.15) is 0 Å². The Kier molecular flexibility index (Phi) is 4.46. The molecule has 17 heavy (non-hydrogen) atoms. The van der Waals surface area contributed by atoms with E-state index in [1.165, 1.54) is 3.11 Å². The summed E-state index contributed by atoms with van der Waals surface area (Å²) in [6.07, 6.45) is 3.54. The molecule has 1 amide bonds. The Morgan fingerprint density at radius 2 is 1.76 bits per heavy atom. The van der Waals surface area contributed by atoms with Crippen molar-refractivity contribution in [2.75, 3.05) is 3.11 Å². The lowest BCUT2D eigenvalue weighted by molar-refractivity contribution is -0.124. The summed E-state index contributed by atoms with van der Waals surface area (Å²) < 4.78 is 1.47. The summed E-state index contributed by atoms with van der Waals surface area (Å²) in [7, 11) is 0. The molecule has 0 fully saturated rings. The molecule has 94 valence electrons. The fourth-order valence-electron chi connectivity index (χ4n) is 1.12. The summed E-state index contributed by atoms with van der Waals surface area (Å²) in [6.45, 7) is 9.80. The van der Waals surface area contributed by atoms with E-state index in [4.69, 9.17) is 0 Å². The summed E-state index contributed by atoms with van der Waals surface area (Å²) in [4.78, 5) is 20.5. The van der Waals surface area contributed by atoms with Gasteiger partial charge in [0.25, 0.3) is 0 Å². The second kappa shape index (κ2) is 5.29. The average molecular weight is 347 g/mol. The Morgan fingerprint density at radius 1 is 1.29 bits per heavy atom. The Labute approximate surface area is 116 Å². The van der Waals surface area contributed by atoms with E-state index < -0.39 is 5.41 Å². The lowest BCUT2D eigenvalue weighted by atomic mass is 9.96. The molecule has 0 aliphatic carbocycles. The SMILES string of the molecule is CC(C)c1cnc(N(I)C(=O)C(C)(C)C)nc1. The molecule has 0 saturated heterocycles. The maximum Gasteiger partial charge on any atom is 0.243 e. The van der Waals surface area contributed by atoms with Gasteiger partial charge in [-0.25, -0.2) is 13.1 Å². The zero-order valence-corrected chi connectivity index (χ0v) is 13.0. The van der Waals surface area contributed by atoms with Crippen molar-refractivity contribution >= 4 is 34.7 Å². The molecule has 1 rings (SSSR count). The van der Waals surface area contributed by atoms with Gasteiger partial charge >= 0.3 is 0 Å². The molecule has 1 heterocycles. The number of rotatable bonds is 2. The second-order valence-electron chi connectivity index (χ2n) is 5.31. The lowest BCUT2D eigenvalue weighted by Gasteiger charge is -2.22. The van der Waals surface area contributed by atoms with Crippen molar-refractivity contribution in [3.63, 3.8) is 0 Å². The van der Waals surface area contributed by atoms with Crippen LogP contribution in [0.1, 0.15) is 46.1 Å².